The number of fused-ring (bicyclic) bond motifs is 3. The van der Waals surface area contributed by atoms with Gasteiger partial charge in [0.2, 0.25) is 0 Å². The molecule has 0 radical (unpaired) electrons. The summed E-state index contributed by atoms with van der Waals surface area (Å²) in [6, 6.07) is 60.2. The van der Waals surface area contributed by atoms with Crippen molar-refractivity contribution in [1.82, 2.24) is 4.98 Å². The van der Waals surface area contributed by atoms with E-state index >= 15 is 0 Å². The maximum atomic E-state index is 4.78. The lowest BCUT2D eigenvalue weighted by molar-refractivity contribution is 1.31. The topological polar surface area (TPSA) is 12.9 Å². The Kier molecular flexibility index (Phi) is 9.94. The van der Waals surface area contributed by atoms with E-state index in [9.17, 15) is 0 Å². The molecule has 1 aromatic heterocycles. The highest BCUT2D eigenvalue weighted by Gasteiger charge is 2.19. The van der Waals surface area contributed by atoms with Crippen molar-refractivity contribution in [3.05, 3.63) is 193 Å². The number of pyridine rings is 1. The summed E-state index contributed by atoms with van der Waals surface area (Å²) >= 11 is 0. The van der Waals surface area contributed by atoms with E-state index in [1.54, 1.807) is 0 Å². The second kappa shape index (κ2) is 15.4. The van der Waals surface area contributed by atoms with Crippen molar-refractivity contribution in [2.45, 2.75) is 34.6 Å². The first-order valence-corrected chi connectivity index (χ1v) is 19.4. The van der Waals surface area contributed by atoms with Gasteiger partial charge in [0, 0.05) is 11.8 Å². The van der Waals surface area contributed by atoms with Crippen LogP contribution in [-0.4, -0.2) is 4.98 Å². The third-order valence-corrected chi connectivity index (χ3v) is 10.6. The molecule has 0 unspecified atom stereocenters. The largest absolute Gasteiger partial charge is 0.256 e. The van der Waals surface area contributed by atoms with Gasteiger partial charge in [-0.15, -0.1) is 0 Å². The lowest BCUT2D eigenvalue weighted by atomic mass is 9.83. The Hall–Kier alpha value is -6.57. The van der Waals surface area contributed by atoms with Crippen LogP contribution in [0.3, 0.4) is 0 Å². The summed E-state index contributed by atoms with van der Waals surface area (Å²) in [4.78, 5) is 4.78. The van der Waals surface area contributed by atoms with Gasteiger partial charge in [-0.1, -0.05) is 171 Å². The Balaban J connectivity index is 0.00000210. The van der Waals surface area contributed by atoms with Crippen molar-refractivity contribution in [2.75, 3.05) is 0 Å². The molecule has 0 aliphatic heterocycles. The van der Waals surface area contributed by atoms with Gasteiger partial charge in [-0.25, -0.2) is 0 Å². The van der Waals surface area contributed by atoms with E-state index in [1.165, 1.54) is 88.0 Å². The predicted molar refractivity (Wildman–Crippen MR) is 239 cm³/mol. The quantitative estimate of drug-likeness (QED) is 0.157. The number of hydrogen-bond donors (Lipinski definition) is 0. The molecule has 1 heteroatoms. The molecule has 0 N–H and O–H groups in total. The van der Waals surface area contributed by atoms with Gasteiger partial charge in [0.05, 0.1) is 5.69 Å². The third-order valence-electron chi connectivity index (χ3n) is 10.6. The zero-order chi connectivity index (χ0) is 37.9. The zero-order valence-electron chi connectivity index (χ0n) is 32.3. The Morgan fingerprint density at radius 3 is 1.62 bits per heavy atom. The van der Waals surface area contributed by atoms with Gasteiger partial charge in [0.1, 0.15) is 0 Å². The summed E-state index contributed by atoms with van der Waals surface area (Å²) < 4.78 is 0. The smallest absolute Gasteiger partial charge is 0.0708 e. The maximum Gasteiger partial charge on any atom is 0.0708 e. The molecule has 0 aliphatic carbocycles. The molecule has 9 aromatic rings. The highest BCUT2D eigenvalue weighted by molar-refractivity contribution is 6.24. The van der Waals surface area contributed by atoms with E-state index in [4.69, 9.17) is 4.98 Å². The van der Waals surface area contributed by atoms with Gasteiger partial charge in [-0.2, -0.15) is 0 Å². The molecule has 266 valence electrons. The Labute approximate surface area is 325 Å². The minimum absolute atomic E-state index is 0.976. The van der Waals surface area contributed by atoms with Crippen LogP contribution in [0.25, 0.3) is 94.2 Å². The average molecular weight is 708 g/mol. The van der Waals surface area contributed by atoms with E-state index in [0.29, 0.717) is 0 Å². The summed E-state index contributed by atoms with van der Waals surface area (Å²) in [5, 5.41) is 7.52. The van der Waals surface area contributed by atoms with Crippen LogP contribution in [0.15, 0.2) is 176 Å². The number of nitrogens with zero attached hydrogens (tertiary/aromatic N) is 1. The standard InChI is InChI=1S/C52H39N.C2H6/c1-4-12-36-27-28-40(31-35(36)3)50-33-39(29-30-53-50)38-13-9-14-41(32-38)51-46-15-5-7-17-48(46)52(49-18-8-6-16-47(49)51)45-22-11-20-43-42(19-10-21-44(43)45)37-25-23-34(2)24-26-37;1-2/h4-33H,1-3H3;1-2H3/b12-4-;. The number of aromatic nitrogens is 1. The lowest BCUT2D eigenvalue weighted by Gasteiger charge is -2.19. The highest BCUT2D eigenvalue weighted by Crippen LogP contribution is 2.46. The van der Waals surface area contributed by atoms with Crippen molar-refractivity contribution >= 4 is 38.4 Å². The van der Waals surface area contributed by atoms with Crippen molar-refractivity contribution in [3.63, 3.8) is 0 Å². The van der Waals surface area contributed by atoms with E-state index in [-0.39, 0.29) is 0 Å². The number of allylic oxidation sites excluding steroid dienone is 1. The minimum atomic E-state index is 0.976. The monoisotopic (exact) mass is 707 g/mol. The molecule has 0 fully saturated rings. The zero-order valence-corrected chi connectivity index (χ0v) is 32.3. The second-order valence-corrected chi connectivity index (χ2v) is 14.0. The normalized spacial score (nSPS) is 11.3. The molecule has 0 atom stereocenters. The molecule has 0 spiro atoms. The molecule has 0 saturated heterocycles. The van der Waals surface area contributed by atoms with Gasteiger partial charge >= 0.3 is 0 Å². The molecule has 0 bridgehead atoms. The maximum absolute atomic E-state index is 4.78. The molecule has 8 aromatic carbocycles. The first-order valence-electron chi connectivity index (χ1n) is 19.4. The molecule has 0 amide bonds. The predicted octanol–water partition coefficient (Wildman–Crippen LogP) is 15.6. The fraction of sp³-hybridized carbons (Fsp3) is 0.0926. The summed E-state index contributed by atoms with van der Waals surface area (Å²) in [5.74, 6) is 0. The fourth-order valence-corrected chi connectivity index (χ4v) is 8.07. The Bertz CT molecular complexity index is 2800. The third kappa shape index (κ3) is 6.64. The van der Waals surface area contributed by atoms with Crippen LogP contribution in [0.1, 0.15) is 37.5 Å². The van der Waals surface area contributed by atoms with Gasteiger partial charge < -0.3 is 0 Å². The molecule has 9 rings (SSSR count). The van der Waals surface area contributed by atoms with E-state index in [0.717, 1.165) is 16.8 Å². The van der Waals surface area contributed by atoms with Crippen LogP contribution >= 0.6 is 0 Å². The first-order chi connectivity index (χ1) is 27.1. The molecule has 0 saturated carbocycles. The lowest BCUT2D eigenvalue weighted by Crippen LogP contribution is -1.92. The van der Waals surface area contributed by atoms with Crippen LogP contribution in [0.2, 0.25) is 0 Å². The molecule has 0 aliphatic rings. The summed E-state index contributed by atoms with van der Waals surface area (Å²) in [7, 11) is 0. The number of benzene rings is 8. The van der Waals surface area contributed by atoms with Crippen molar-refractivity contribution in [1.29, 1.82) is 0 Å². The first kappa shape index (κ1) is 35.5. The van der Waals surface area contributed by atoms with Crippen molar-refractivity contribution < 1.29 is 0 Å². The number of hydrogen-bond acceptors (Lipinski definition) is 1. The molecule has 1 nitrogen and oxygen atoms in total. The van der Waals surface area contributed by atoms with Crippen molar-refractivity contribution in [2.24, 2.45) is 0 Å². The Morgan fingerprint density at radius 1 is 0.418 bits per heavy atom. The summed E-state index contributed by atoms with van der Waals surface area (Å²) in [5.41, 5.74) is 15.6. The van der Waals surface area contributed by atoms with E-state index in [1.807, 2.05) is 20.0 Å². The second-order valence-electron chi connectivity index (χ2n) is 14.0. The van der Waals surface area contributed by atoms with Crippen LogP contribution in [0, 0.1) is 13.8 Å². The summed E-state index contributed by atoms with van der Waals surface area (Å²) in [6.45, 7) is 10.4. The number of rotatable bonds is 6. The average Bonchev–Trinajstić information content (AvgIpc) is 3.24. The number of aryl methyl sites for hydroxylation is 2. The Morgan fingerprint density at radius 2 is 0.964 bits per heavy atom. The van der Waals surface area contributed by atoms with E-state index < -0.39 is 0 Å². The van der Waals surface area contributed by atoms with Gasteiger partial charge in [0.15, 0.2) is 0 Å². The fourth-order valence-electron chi connectivity index (χ4n) is 8.07. The van der Waals surface area contributed by atoms with Crippen molar-refractivity contribution in [3.8, 4) is 55.8 Å². The molecule has 55 heavy (non-hydrogen) atoms. The van der Waals surface area contributed by atoms with Crippen LogP contribution < -0.4 is 0 Å². The summed E-state index contributed by atoms with van der Waals surface area (Å²) in [6.07, 6.45) is 6.17. The van der Waals surface area contributed by atoms with Crippen LogP contribution in [-0.2, 0) is 0 Å². The van der Waals surface area contributed by atoms with Crippen LogP contribution in [0.4, 0.5) is 0 Å². The van der Waals surface area contributed by atoms with Crippen LogP contribution in [0.5, 0.6) is 0 Å². The SMILES string of the molecule is C/C=C\c1ccc(-c2cc(-c3cccc(-c4c5ccccc5c(-c5cccc6c(-c7ccc(C)cc7)cccc56)c5ccccc45)c3)ccn2)cc1C.CC. The minimum Gasteiger partial charge on any atom is -0.256 e. The van der Waals surface area contributed by atoms with Gasteiger partial charge in [-0.3, -0.25) is 4.98 Å². The molecular formula is C54H45N. The van der Waals surface area contributed by atoms with Gasteiger partial charge in [-0.05, 0) is 133 Å². The molecule has 1 heterocycles. The van der Waals surface area contributed by atoms with Gasteiger partial charge in [0.25, 0.3) is 0 Å². The van der Waals surface area contributed by atoms with E-state index in [2.05, 4.69) is 197 Å². The molecular weight excluding hydrogens is 663 g/mol. The highest BCUT2D eigenvalue weighted by atomic mass is 14.7.